The van der Waals surface area contributed by atoms with Crippen molar-refractivity contribution in [1.29, 1.82) is 0 Å². The Labute approximate surface area is 114 Å². The Morgan fingerprint density at radius 3 is 2.21 bits per heavy atom. The van der Waals surface area contributed by atoms with Crippen molar-refractivity contribution in [3.05, 3.63) is 17.2 Å². The fourth-order valence-electron chi connectivity index (χ4n) is 2.07. The fourth-order valence-corrected chi connectivity index (χ4v) is 2.07. The number of carbonyl (C=O) groups excluding carboxylic acids is 1. The fraction of sp³-hybridized carbons (Fsp3) is 0.533. The SMILES string of the molecule is CCCCC(=O)c1c(OC)cc(OC)c(C)c1OC. The highest BCUT2D eigenvalue weighted by molar-refractivity contribution is 6.02. The van der Waals surface area contributed by atoms with Crippen LogP contribution in [0.2, 0.25) is 0 Å². The van der Waals surface area contributed by atoms with Gasteiger partial charge in [0.05, 0.1) is 21.3 Å². The van der Waals surface area contributed by atoms with Crippen molar-refractivity contribution in [2.24, 2.45) is 0 Å². The summed E-state index contributed by atoms with van der Waals surface area (Å²) in [6.45, 7) is 3.93. The molecule has 0 spiro atoms. The van der Waals surface area contributed by atoms with Crippen LogP contribution < -0.4 is 14.2 Å². The normalized spacial score (nSPS) is 10.2. The summed E-state index contributed by atoms with van der Waals surface area (Å²) in [4.78, 5) is 12.3. The highest BCUT2D eigenvalue weighted by Crippen LogP contribution is 2.39. The van der Waals surface area contributed by atoms with E-state index >= 15 is 0 Å². The maximum atomic E-state index is 12.3. The first kappa shape index (κ1) is 15.3. The first-order chi connectivity index (χ1) is 9.10. The van der Waals surface area contributed by atoms with Crippen LogP contribution >= 0.6 is 0 Å². The highest BCUT2D eigenvalue weighted by Gasteiger charge is 2.22. The molecule has 0 aliphatic carbocycles. The summed E-state index contributed by atoms with van der Waals surface area (Å²) in [5.41, 5.74) is 1.32. The molecule has 0 saturated carbocycles. The van der Waals surface area contributed by atoms with Gasteiger partial charge in [0.25, 0.3) is 0 Å². The van der Waals surface area contributed by atoms with Crippen LogP contribution in [0.1, 0.15) is 42.1 Å². The molecule has 0 fully saturated rings. The number of Topliss-reactive ketones (excluding diaryl/α,β-unsaturated/α-hetero) is 1. The largest absolute Gasteiger partial charge is 0.496 e. The van der Waals surface area contributed by atoms with Crippen molar-refractivity contribution in [2.75, 3.05) is 21.3 Å². The summed E-state index contributed by atoms with van der Waals surface area (Å²) >= 11 is 0. The average Bonchev–Trinajstić information content (AvgIpc) is 2.43. The quantitative estimate of drug-likeness (QED) is 0.710. The van der Waals surface area contributed by atoms with Crippen LogP contribution in [0.25, 0.3) is 0 Å². The summed E-state index contributed by atoms with van der Waals surface area (Å²) in [7, 11) is 4.68. The molecule has 0 heterocycles. The molecule has 0 N–H and O–H groups in total. The van der Waals surface area contributed by atoms with Crippen molar-refractivity contribution >= 4 is 5.78 Å². The third-order valence-corrected chi connectivity index (χ3v) is 3.13. The number of carbonyl (C=O) groups is 1. The van der Waals surface area contributed by atoms with Crippen molar-refractivity contribution in [1.82, 2.24) is 0 Å². The predicted octanol–water partition coefficient (Wildman–Crippen LogP) is 3.39. The van der Waals surface area contributed by atoms with Crippen LogP contribution in [0.5, 0.6) is 17.2 Å². The van der Waals surface area contributed by atoms with Gasteiger partial charge in [-0.25, -0.2) is 0 Å². The van der Waals surface area contributed by atoms with Crippen LogP contribution in [0, 0.1) is 6.92 Å². The van der Waals surface area contributed by atoms with E-state index in [1.807, 2.05) is 6.92 Å². The molecule has 4 nitrogen and oxygen atoms in total. The molecule has 0 unspecified atom stereocenters. The zero-order valence-electron chi connectivity index (χ0n) is 12.3. The number of benzene rings is 1. The highest BCUT2D eigenvalue weighted by atomic mass is 16.5. The number of methoxy groups -OCH3 is 3. The second-order valence-electron chi connectivity index (χ2n) is 4.34. The molecule has 0 bridgehead atoms. The minimum absolute atomic E-state index is 0.0429. The Kier molecular flexibility index (Phi) is 5.67. The Balaban J connectivity index is 3.34. The number of hydrogen-bond acceptors (Lipinski definition) is 4. The van der Waals surface area contributed by atoms with Crippen molar-refractivity contribution in [3.8, 4) is 17.2 Å². The third kappa shape index (κ3) is 3.19. The van der Waals surface area contributed by atoms with Gasteiger partial charge < -0.3 is 14.2 Å². The van der Waals surface area contributed by atoms with Crippen molar-refractivity contribution < 1.29 is 19.0 Å². The maximum absolute atomic E-state index is 12.3. The Morgan fingerprint density at radius 2 is 1.74 bits per heavy atom. The minimum atomic E-state index is 0.0429. The maximum Gasteiger partial charge on any atom is 0.170 e. The van der Waals surface area contributed by atoms with E-state index in [1.54, 1.807) is 27.4 Å². The molecule has 0 amide bonds. The molecule has 106 valence electrons. The Hall–Kier alpha value is -1.71. The van der Waals surface area contributed by atoms with Gasteiger partial charge in [0.2, 0.25) is 0 Å². The van der Waals surface area contributed by atoms with E-state index in [4.69, 9.17) is 14.2 Å². The van der Waals surface area contributed by atoms with Gasteiger partial charge in [-0.15, -0.1) is 0 Å². The molecule has 0 radical (unpaired) electrons. The third-order valence-electron chi connectivity index (χ3n) is 3.13. The first-order valence-corrected chi connectivity index (χ1v) is 6.43. The van der Waals surface area contributed by atoms with E-state index in [0.29, 0.717) is 29.2 Å². The molecule has 0 atom stereocenters. The van der Waals surface area contributed by atoms with Gasteiger partial charge in [0.15, 0.2) is 5.78 Å². The van der Waals surface area contributed by atoms with Gasteiger partial charge in [-0.3, -0.25) is 4.79 Å². The topological polar surface area (TPSA) is 44.8 Å². The molecule has 1 aromatic rings. The van der Waals surface area contributed by atoms with E-state index in [9.17, 15) is 4.79 Å². The number of unbranched alkanes of at least 4 members (excludes halogenated alkanes) is 1. The van der Waals surface area contributed by atoms with E-state index in [0.717, 1.165) is 18.4 Å². The van der Waals surface area contributed by atoms with E-state index in [2.05, 4.69) is 6.92 Å². The van der Waals surface area contributed by atoms with Gasteiger partial charge in [-0.05, 0) is 13.3 Å². The number of hydrogen-bond donors (Lipinski definition) is 0. The zero-order valence-corrected chi connectivity index (χ0v) is 12.3. The lowest BCUT2D eigenvalue weighted by molar-refractivity contribution is 0.0973. The zero-order chi connectivity index (χ0) is 14.4. The van der Waals surface area contributed by atoms with Gasteiger partial charge >= 0.3 is 0 Å². The molecule has 0 aliphatic heterocycles. The lowest BCUT2D eigenvalue weighted by atomic mass is 10.00. The van der Waals surface area contributed by atoms with Gasteiger partial charge in [-0.2, -0.15) is 0 Å². The number of rotatable bonds is 7. The van der Waals surface area contributed by atoms with Crippen molar-refractivity contribution in [3.63, 3.8) is 0 Å². The summed E-state index contributed by atoms with van der Waals surface area (Å²) in [6, 6.07) is 1.73. The van der Waals surface area contributed by atoms with E-state index in [-0.39, 0.29) is 5.78 Å². The lowest BCUT2D eigenvalue weighted by Crippen LogP contribution is -2.07. The molecular weight excluding hydrogens is 244 g/mol. The van der Waals surface area contributed by atoms with Crippen LogP contribution in [-0.2, 0) is 0 Å². The second-order valence-corrected chi connectivity index (χ2v) is 4.34. The monoisotopic (exact) mass is 266 g/mol. The van der Waals surface area contributed by atoms with Crippen LogP contribution in [0.3, 0.4) is 0 Å². The summed E-state index contributed by atoms with van der Waals surface area (Å²) in [6.07, 6.45) is 2.33. The first-order valence-electron chi connectivity index (χ1n) is 6.43. The Morgan fingerprint density at radius 1 is 1.11 bits per heavy atom. The van der Waals surface area contributed by atoms with Crippen molar-refractivity contribution in [2.45, 2.75) is 33.1 Å². The summed E-state index contributed by atoms with van der Waals surface area (Å²) < 4.78 is 16.0. The number of ether oxygens (including phenoxy) is 3. The van der Waals surface area contributed by atoms with Gasteiger partial charge in [0.1, 0.15) is 22.8 Å². The Bertz CT molecular complexity index is 452. The van der Waals surface area contributed by atoms with Crippen LogP contribution in [0.4, 0.5) is 0 Å². The molecule has 19 heavy (non-hydrogen) atoms. The average molecular weight is 266 g/mol. The van der Waals surface area contributed by atoms with E-state index in [1.165, 1.54) is 0 Å². The van der Waals surface area contributed by atoms with E-state index < -0.39 is 0 Å². The molecule has 0 saturated heterocycles. The van der Waals surface area contributed by atoms with Gasteiger partial charge in [-0.1, -0.05) is 13.3 Å². The molecule has 0 aromatic heterocycles. The van der Waals surface area contributed by atoms with Crippen LogP contribution in [0.15, 0.2) is 6.07 Å². The standard InChI is InChI=1S/C15H22O4/c1-6-7-8-11(16)14-13(18-4)9-12(17-3)10(2)15(14)19-5/h9H,6-8H2,1-5H3. The minimum Gasteiger partial charge on any atom is -0.496 e. The molecular formula is C15H22O4. The predicted molar refractivity (Wildman–Crippen MR) is 74.7 cm³/mol. The second kappa shape index (κ2) is 7.02. The molecule has 1 aromatic carbocycles. The molecule has 4 heteroatoms. The lowest BCUT2D eigenvalue weighted by Gasteiger charge is -2.17. The summed E-state index contributed by atoms with van der Waals surface area (Å²) in [5, 5.41) is 0. The molecule has 0 aliphatic rings. The van der Waals surface area contributed by atoms with Gasteiger partial charge in [0, 0.05) is 18.1 Å². The molecule has 1 rings (SSSR count). The number of ketones is 1. The smallest absolute Gasteiger partial charge is 0.170 e. The summed E-state index contributed by atoms with van der Waals surface area (Å²) in [5.74, 6) is 1.74. The van der Waals surface area contributed by atoms with Crippen LogP contribution in [-0.4, -0.2) is 27.1 Å².